The van der Waals surface area contributed by atoms with Crippen LogP contribution in [0.3, 0.4) is 0 Å². The lowest BCUT2D eigenvalue weighted by Gasteiger charge is -2.09. The van der Waals surface area contributed by atoms with Gasteiger partial charge in [0.2, 0.25) is 0 Å². The second-order valence-electron chi connectivity index (χ2n) is 11.0. The third-order valence-corrected chi connectivity index (χ3v) is 8.97. The number of hydrogen-bond acceptors (Lipinski definition) is 0. The molecule has 0 amide bonds. The molecule has 0 radical (unpaired) electrons. The summed E-state index contributed by atoms with van der Waals surface area (Å²) in [4.78, 5) is 0. The summed E-state index contributed by atoms with van der Waals surface area (Å²) in [6, 6.07) is 48.5. The molecule has 10 rings (SSSR count). The first-order chi connectivity index (χ1) is 20.4. The second-order valence-corrected chi connectivity index (χ2v) is 11.0. The van der Waals surface area contributed by atoms with Crippen LogP contribution in [0.5, 0.6) is 0 Å². The standard InChI is InChI=1S/C38H23N3/c1-3-11-24(12-4-1)40-33-18-10-8-16-27(33)30-23-31-35-34(39-22-21-29(36(31)39)37(30)40)20-19-28-26-15-7-9-17-32(26)41(38(28)35)25-13-5-2-6-14-25/h1-23H. The average Bonchev–Trinajstić information content (AvgIpc) is 3.78. The van der Waals surface area contributed by atoms with E-state index in [9.17, 15) is 0 Å². The smallest absolute Gasteiger partial charge is 0.0641 e. The summed E-state index contributed by atoms with van der Waals surface area (Å²) in [5.41, 5.74) is 9.89. The van der Waals surface area contributed by atoms with E-state index in [1.54, 1.807) is 0 Å². The van der Waals surface area contributed by atoms with Crippen molar-refractivity contribution in [2.45, 2.75) is 0 Å². The van der Waals surface area contributed by atoms with Crippen LogP contribution in [-0.4, -0.2) is 13.5 Å². The monoisotopic (exact) mass is 521 g/mol. The van der Waals surface area contributed by atoms with Gasteiger partial charge in [-0.05, 0) is 54.6 Å². The molecule has 3 nitrogen and oxygen atoms in total. The van der Waals surface area contributed by atoms with Crippen LogP contribution >= 0.6 is 0 Å². The second kappa shape index (κ2) is 7.56. The van der Waals surface area contributed by atoms with Crippen LogP contribution < -0.4 is 0 Å². The van der Waals surface area contributed by atoms with Crippen molar-refractivity contribution in [3.05, 3.63) is 140 Å². The minimum atomic E-state index is 1.18. The summed E-state index contributed by atoms with van der Waals surface area (Å²) in [5.74, 6) is 0. The highest BCUT2D eigenvalue weighted by atomic mass is 15.0. The Morgan fingerprint density at radius 2 is 0.927 bits per heavy atom. The lowest BCUT2D eigenvalue weighted by Crippen LogP contribution is -1.94. The Kier molecular flexibility index (Phi) is 3.93. The number of rotatable bonds is 2. The van der Waals surface area contributed by atoms with Crippen molar-refractivity contribution in [3.63, 3.8) is 0 Å². The Hall–Kier alpha value is -5.54. The molecule has 3 heteroatoms. The summed E-state index contributed by atoms with van der Waals surface area (Å²) in [6.45, 7) is 0. The van der Waals surface area contributed by atoms with Gasteiger partial charge in [-0.25, -0.2) is 0 Å². The van der Waals surface area contributed by atoms with Gasteiger partial charge in [0.15, 0.2) is 0 Å². The molecular formula is C38H23N3. The van der Waals surface area contributed by atoms with E-state index in [1.165, 1.54) is 82.2 Å². The van der Waals surface area contributed by atoms with Crippen molar-refractivity contribution >= 4 is 70.8 Å². The normalized spacial score (nSPS) is 12.4. The molecule has 10 aromatic rings. The zero-order chi connectivity index (χ0) is 26.7. The van der Waals surface area contributed by atoms with Gasteiger partial charge in [-0.2, -0.15) is 0 Å². The Morgan fingerprint density at radius 1 is 0.341 bits per heavy atom. The molecule has 0 fully saturated rings. The lowest BCUT2D eigenvalue weighted by molar-refractivity contribution is 1.19. The zero-order valence-electron chi connectivity index (χ0n) is 22.1. The number of para-hydroxylation sites is 4. The van der Waals surface area contributed by atoms with Crippen molar-refractivity contribution in [2.75, 3.05) is 0 Å². The first kappa shape index (κ1) is 21.3. The predicted molar refractivity (Wildman–Crippen MR) is 172 cm³/mol. The molecule has 0 aliphatic rings. The highest BCUT2D eigenvalue weighted by molar-refractivity contribution is 6.32. The van der Waals surface area contributed by atoms with Gasteiger partial charge in [0.05, 0.1) is 33.1 Å². The van der Waals surface area contributed by atoms with E-state index >= 15 is 0 Å². The van der Waals surface area contributed by atoms with Gasteiger partial charge in [0.1, 0.15) is 0 Å². The van der Waals surface area contributed by atoms with Crippen molar-refractivity contribution in [2.24, 2.45) is 0 Å². The van der Waals surface area contributed by atoms with E-state index in [-0.39, 0.29) is 0 Å². The molecular weight excluding hydrogens is 498 g/mol. The average molecular weight is 522 g/mol. The van der Waals surface area contributed by atoms with Crippen molar-refractivity contribution in [1.29, 1.82) is 0 Å². The Balaban J connectivity index is 1.48. The fraction of sp³-hybridized carbons (Fsp3) is 0. The minimum Gasteiger partial charge on any atom is -0.315 e. The van der Waals surface area contributed by atoms with Crippen molar-refractivity contribution in [3.8, 4) is 11.4 Å². The Morgan fingerprint density at radius 3 is 1.61 bits per heavy atom. The molecule has 0 unspecified atom stereocenters. The number of hydrogen-bond donors (Lipinski definition) is 0. The Bertz CT molecular complexity index is 2610. The highest BCUT2D eigenvalue weighted by Gasteiger charge is 2.24. The zero-order valence-corrected chi connectivity index (χ0v) is 22.1. The van der Waals surface area contributed by atoms with Crippen LogP contribution in [0.15, 0.2) is 140 Å². The van der Waals surface area contributed by atoms with Crippen LogP contribution in [-0.2, 0) is 0 Å². The van der Waals surface area contributed by atoms with Crippen LogP contribution in [0, 0.1) is 0 Å². The van der Waals surface area contributed by atoms with E-state index in [4.69, 9.17) is 0 Å². The maximum Gasteiger partial charge on any atom is 0.0641 e. The molecule has 4 aromatic heterocycles. The summed E-state index contributed by atoms with van der Waals surface area (Å²) >= 11 is 0. The topological polar surface area (TPSA) is 14.3 Å². The fourth-order valence-electron chi connectivity index (χ4n) is 7.38. The van der Waals surface area contributed by atoms with E-state index in [1.807, 2.05) is 0 Å². The molecule has 0 saturated heterocycles. The molecule has 41 heavy (non-hydrogen) atoms. The van der Waals surface area contributed by atoms with Crippen molar-refractivity contribution in [1.82, 2.24) is 13.5 Å². The van der Waals surface area contributed by atoms with E-state index in [2.05, 4.69) is 153 Å². The van der Waals surface area contributed by atoms with Crippen LogP contribution in [0.25, 0.3) is 82.2 Å². The number of nitrogens with zero attached hydrogens (tertiary/aromatic N) is 3. The molecule has 0 saturated carbocycles. The third-order valence-electron chi connectivity index (χ3n) is 8.97. The summed E-state index contributed by atoms with van der Waals surface area (Å²) in [7, 11) is 0. The van der Waals surface area contributed by atoms with Gasteiger partial charge in [0.25, 0.3) is 0 Å². The highest BCUT2D eigenvalue weighted by Crippen LogP contribution is 2.46. The summed E-state index contributed by atoms with van der Waals surface area (Å²) in [6.07, 6.45) is 2.26. The largest absolute Gasteiger partial charge is 0.315 e. The Labute approximate surface area is 235 Å². The van der Waals surface area contributed by atoms with E-state index in [0.29, 0.717) is 0 Å². The molecule has 190 valence electrons. The molecule has 0 N–H and O–H groups in total. The van der Waals surface area contributed by atoms with Gasteiger partial charge < -0.3 is 13.5 Å². The van der Waals surface area contributed by atoms with Gasteiger partial charge in [-0.15, -0.1) is 0 Å². The fourth-order valence-corrected chi connectivity index (χ4v) is 7.38. The van der Waals surface area contributed by atoms with Crippen LogP contribution in [0.2, 0.25) is 0 Å². The van der Waals surface area contributed by atoms with Gasteiger partial charge in [0, 0.05) is 55.3 Å². The molecule has 0 bridgehead atoms. The summed E-state index contributed by atoms with van der Waals surface area (Å²) in [5, 5.41) is 9.02. The number of aromatic nitrogens is 3. The van der Waals surface area contributed by atoms with Crippen molar-refractivity contribution < 1.29 is 0 Å². The first-order valence-corrected chi connectivity index (χ1v) is 14.1. The SMILES string of the molecule is c1ccc(-n2c3ccccc3c3cc4c5c6c(ccc5n5ccc(c32)c45)c2ccccc2n6-c2ccccc2)cc1. The maximum absolute atomic E-state index is 2.46. The van der Waals surface area contributed by atoms with E-state index in [0.717, 1.165) is 0 Å². The van der Waals surface area contributed by atoms with E-state index < -0.39 is 0 Å². The minimum absolute atomic E-state index is 1.18. The summed E-state index contributed by atoms with van der Waals surface area (Å²) < 4.78 is 7.30. The van der Waals surface area contributed by atoms with Gasteiger partial charge in [-0.1, -0.05) is 78.9 Å². The molecule has 0 atom stereocenters. The van der Waals surface area contributed by atoms with Gasteiger partial charge >= 0.3 is 0 Å². The maximum atomic E-state index is 2.46. The molecule has 0 aliphatic heterocycles. The predicted octanol–water partition coefficient (Wildman–Crippen LogP) is 9.88. The lowest BCUT2D eigenvalue weighted by atomic mass is 10.0. The first-order valence-electron chi connectivity index (χ1n) is 14.1. The molecule has 0 spiro atoms. The third kappa shape index (κ3) is 2.59. The van der Waals surface area contributed by atoms with Crippen LogP contribution in [0.4, 0.5) is 0 Å². The quantitative estimate of drug-likeness (QED) is 0.215. The van der Waals surface area contributed by atoms with Gasteiger partial charge in [-0.3, -0.25) is 0 Å². The van der Waals surface area contributed by atoms with Crippen LogP contribution in [0.1, 0.15) is 0 Å². The number of benzene rings is 6. The molecule has 6 aromatic carbocycles. The molecule has 4 heterocycles. The number of fused-ring (bicyclic) bond motifs is 11. The molecule has 0 aliphatic carbocycles.